The van der Waals surface area contributed by atoms with Crippen molar-refractivity contribution >= 4 is 21.6 Å². The highest BCUT2D eigenvalue weighted by atomic mass is 79.9. The Hall–Kier alpha value is -1.55. The maximum absolute atomic E-state index is 13.4. The Morgan fingerprint density at radius 2 is 1.89 bits per heavy atom. The molecule has 2 nitrogen and oxygen atoms in total. The lowest BCUT2D eigenvalue weighted by molar-refractivity contribution is 0.315. The molecule has 0 bridgehead atoms. The minimum atomic E-state index is -0.349. The van der Waals surface area contributed by atoms with Gasteiger partial charge in [0, 0.05) is 16.7 Å². The van der Waals surface area contributed by atoms with Gasteiger partial charge in [0.1, 0.15) is 6.61 Å². The normalized spacial score (nSPS) is 10.1. The SMILES string of the molecule is Fc1ccc(Br)cc1OCCNc1ccccc1. The van der Waals surface area contributed by atoms with Crippen LogP contribution in [0.3, 0.4) is 0 Å². The van der Waals surface area contributed by atoms with Crippen molar-refractivity contribution in [3.8, 4) is 5.75 Å². The number of anilines is 1. The summed E-state index contributed by atoms with van der Waals surface area (Å²) in [6, 6.07) is 14.5. The molecule has 0 unspecified atom stereocenters. The number of para-hydroxylation sites is 1. The summed E-state index contributed by atoms with van der Waals surface area (Å²) in [5, 5.41) is 3.19. The molecule has 94 valence electrons. The van der Waals surface area contributed by atoms with Gasteiger partial charge in [0.25, 0.3) is 0 Å². The van der Waals surface area contributed by atoms with Crippen molar-refractivity contribution in [1.29, 1.82) is 0 Å². The molecule has 2 aromatic carbocycles. The molecule has 0 saturated carbocycles. The molecule has 0 aromatic heterocycles. The Balaban J connectivity index is 1.80. The number of benzene rings is 2. The maximum atomic E-state index is 13.4. The van der Waals surface area contributed by atoms with Crippen LogP contribution in [-0.4, -0.2) is 13.2 Å². The molecule has 0 spiro atoms. The minimum Gasteiger partial charge on any atom is -0.489 e. The first-order chi connectivity index (χ1) is 8.75. The van der Waals surface area contributed by atoms with E-state index in [1.165, 1.54) is 6.07 Å². The predicted molar refractivity (Wildman–Crippen MR) is 74.5 cm³/mol. The Morgan fingerprint density at radius 3 is 2.67 bits per heavy atom. The number of hydrogen-bond donors (Lipinski definition) is 1. The van der Waals surface area contributed by atoms with Gasteiger partial charge in [0.2, 0.25) is 0 Å². The molecule has 2 rings (SSSR count). The Morgan fingerprint density at radius 1 is 1.11 bits per heavy atom. The van der Waals surface area contributed by atoms with Gasteiger partial charge in [-0.25, -0.2) is 4.39 Å². The van der Waals surface area contributed by atoms with Gasteiger partial charge in [0.05, 0.1) is 0 Å². The van der Waals surface area contributed by atoms with E-state index in [0.717, 1.165) is 10.2 Å². The molecule has 0 aliphatic heterocycles. The van der Waals surface area contributed by atoms with Crippen molar-refractivity contribution in [2.75, 3.05) is 18.5 Å². The van der Waals surface area contributed by atoms with Gasteiger partial charge in [-0.1, -0.05) is 34.1 Å². The summed E-state index contributed by atoms with van der Waals surface area (Å²) in [6.45, 7) is 1.03. The Labute approximate surface area is 114 Å². The Kier molecular flexibility index (Phi) is 4.59. The standard InChI is InChI=1S/C14H13BrFNO/c15-11-6-7-13(16)14(10-11)18-9-8-17-12-4-2-1-3-5-12/h1-7,10,17H,8-9H2. The third-order valence-corrected chi connectivity index (χ3v) is 2.85. The van der Waals surface area contributed by atoms with Gasteiger partial charge in [-0.05, 0) is 30.3 Å². The van der Waals surface area contributed by atoms with Gasteiger partial charge in [-0.2, -0.15) is 0 Å². The average Bonchev–Trinajstić information content (AvgIpc) is 2.40. The number of nitrogens with one attached hydrogen (secondary N) is 1. The van der Waals surface area contributed by atoms with E-state index in [1.54, 1.807) is 12.1 Å². The first kappa shape index (κ1) is 12.9. The fourth-order valence-electron chi connectivity index (χ4n) is 1.50. The molecule has 0 saturated heterocycles. The fourth-order valence-corrected chi connectivity index (χ4v) is 1.84. The third-order valence-electron chi connectivity index (χ3n) is 2.36. The summed E-state index contributed by atoms with van der Waals surface area (Å²) in [7, 11) is 0. The van der Waals surface area contributed by atoms with Crippen LogP contribution in [0.5, 0.6) is 5.75 Å². The van der Waals surface area contributed by atoms with Gasteiger partial charge in [-0.15, -0.1) is 0 Å². The number of halogens is 2. The molecule has 0 heterocycles. The zero-order valence-corrected chi connectivity index (χ0v) is 11.3. The third kappa shape index (κ3) is 3.74. The van der Waals surface area contributed by atoms with Crippen LogP contribution in [0.2, 0.25) is 0 Å². The molecular formula is C14H13BrFNO. The lowest BCUT2D eigenvalue weighted by Gasteiger charge is -2.09. The summed E-state index contributed by atoms with van der Waals surface area (Å²) in [5.74, 6) is -0.0860. The Bertz CT molecular complexity index is 504. The fraction of sp³-hybridized carbons (Fsp3) is 0.143. The van der Waals surface area contributed by atoms with Gasteiger partial charge >= 0.3 is 0 Å². The van der Waals surface area contributed by atoms with Gasteiger partial charge in [0.15, 0.2) is 11.6 Å². The lowest BCUT2D eigenvalue weighted by atomic mass is 10.3. The van der Waals surface area contributed by atoms with E-state index in [4.69, 9.17) is 4.74 Å². The van der Waals surface area contributed by atoms with Crippen LogP contribution in [0.4, 0.5) is 10.1 Å². The second kappa shape index (κ2) is 6.40. The predicted octanol–water partition coefficient (Wildman–Crippen LogP) is 4.08. The molecule has 0 aliphatic rings. The largest absolute Gasteiger partial charge is 0.489 e. The van der Waals surface area contributed by atoms with Crippen LogP contribution in [0, 0.1) is 5.82 Å². The molecule has 0 atom stereocenters. The second-order valence-electron chi connectivity index (χ2n) is 3.72. The van der Waals surface area contributed by atoms with E-state index < -0.39 is 0 Å². The smallest absolute Gasteiger partial charge is 0.165 e. The minimum absolute atomic E-state index is 0.263. The molecule has 0 aliphatic carbocycles. The van der Waals surface area contributed by atoms with E-state index in [-0.39, 0.29) is 11.6 Å². The molecule has 2 aromatic rings. The highest BCUT2D eigenvalue weighted by molar-refractivity contribution is 9.10. The number of hydrogen-bond acceptors (Lipinski definition) is 2. The molecule has 0 radical (unpaired) electrons. The van der Waals surface area contributed by atoms with Crippen LogP contribution >= 0.6 is 15.9 Å². The second-order valence-corrected chi connectivity index (χ2v) is 4.63. The zero-order valence-electron chi connectivity index (χ0n) is 9.70. The number of ether oxygens (including phenoxy) is 1. The monoisotopic (exact) mass is 309 g/mol. The van der Waals surface area contributed by atoms with E-state index in [1.807, 2.05) is 30.3 Å². The quantitative estimate of drug-likeness (QED) is 0.840. The van der Waals surface area contributed by atoms with Crippen LogP contribution in [0.15, 0.2) is 53.0 Å². The molecule has 18 heavy (non-hydrogen) atoms. The first-order valence-corrected chi connectivity index (χ1v) is 6.42. The van der Waals surface area contributed by atoms with Crippen molar-refractivity contribution < 1.29 is 9.13 Å². The highest BCUT2D eigenvalue weighted by Gasteiger charge is 2.03. The van der Waals surface area contributed by atoms with Crippen molar-refractivity contribution in [3.05, 3.63) is 58.8 Å². The molecule has 1 N–H and O–H groups in total. The van der Waals surface area contributed by atoms with Crippen molar-refractivity contribution in [1.82, 2.24) is 0 Å². The molecular weight excluding hydrogens is 297 g/mol. The summed E-state index contributed by atoms with van der Waals surface area (Å²) >= 11 is 3.28. The van der Waals surface area contributed by atoms with Crippen molar-refractivity contribution in [2.45, 2.75) is 0 Å². The van der Waals surface area contributed by atoms with E-state index in [2.05, 4.69) is 21.2 Å². The molecule has 0 amide bonds. The summed E-state index contributed by atoms with van der Waals surface area (Å²) in [5.41, 5.74) is 1.02. The highest BCUT2D eigenvalue weighted by Crippen LogP contribution is 2.22. The van der Waals surface area contributed by atoms with Crippen LogP contribution in [0.1, 0.15) is 0 Å². The topological polar surface area (TPSA) is 21.3 Å². The van der Waals surface area contributed by atoms with E-state index in [0.29, 0.717) is 13.2 Å². The van der Waals surface area contributed by atoms with Gasteiger partial charge in [-0.3, -0.25) is 0 Å². The van der Waals surface area contributed by atoms with Crippen molar-refractivity contribution in [2.24, 2.45) is 0 Å². The lowest BCUT2D eigenvalue weighted by Crippen LogP contribution is -2.11. The zero-order chi connectivity index (χ0) is 12.8. The molecule has 0 fully saturated rings. The summed E-state index contributed by atoms with van der Waals surface area (Å²) in [6.07, 6.45) is 0. The van der Waals surface area contributed by atoms with Crippen LogP contribution in [0.25, 0.3) is 0 Å². The van der Waals surface area contributed by atoms with Crippen molar-refractivity contribution in [3.63, 3.8) is 0 Å². The van der Waals surface area contributed by atoms with Gasteiger partial charge < -0.3 is 10.1 Å². The number of rotatable bonds is 5. The first-order valence-electron chi connectivity index (χ1n) is 5.62. The van der Waals surface area contributed by atoms with Crippen LogP contribution < -0.4 is 10.1 Å². The van der Waals surface area contributed by atoms with Crippen LogP contribution in [-0.2, 0) is 0 Å². The average molecular weight is 310 g/mol. The van der Waals surface area contributed by atoms with E-state index >= 15 is 0 Å². The summed E-state index contributed by atoms with van der Waals surface area (Å²) < 4.78 is 19.5. The molecule has 4 heteroatoms. The maximum Gasteiger partial charge on any atom is 0.165 e. The van der Waals surface area contributed by atoms with E-state index in [9.17, 15) is 4.39 Å². The summed E-state index contributed by atoms with van der Waals surface area (Å²) in [4.78, 5) is 0.